The van der Waals surface area contributed by atoms with E-state index in [1.807, 2.05) is 18.2 Å². The fraction of sp³-hybridized carbons (Fsp3) is 0. The molecule has 0 spiro atoms. The van der Waals surface area contributed by atoms with Crippen molar-refractivity contribution in [3.8, 4) is 51.0 Å². The Kier molecular flexibility index (Phi) is 6.78. The van der Waals surface area contributed by atoms with Crippen molar-refractivity contribution >= 4 is 43.4 Å². The second-order valence-corrected chi connectivity index (χ2v) is 12.8. The van der Waals surface area contributed by atoms with E-state index in [9.17, 15) is 0 Å². The van der Waals surface area contributed by atoms with Crippen LogP contribution < -0.4 is 0 Å². The van der Waals surface area contributed by atoms with Crippen molar-refractivity contribution in [1.29, 1.82) is 0 Å². The van der Waals surface area contributed by atoms with Crippen LogP contribution in [0.4, 0.5) is 0 Å². The van der Waals surface area contributed by atoms with Crippen LogP contribution in [0.1, 0.15) is 0 Å². The van der Waals surface area contributed by atoms with Gasteiger partial charge in [-0.25, -0.2) is 15.0 Å². The summed E-state index contributed by atoms with van der Waals surface area (Å²) in [5.74, 6) is 1.89. The van der Waals surface area contributed by atoms with Crippen LogP contribution in [-0.2, 0) is 0 Å². The standard InChI is InChI=1S/C47H30N4/c1-2-16-33(17-3-1)45-48-46(40-25-13-19-32-15-5-7-21-36(32)40)50-47(49-45)41-29-28-34(37-24-12-18-31-14-4-6-20-35(31)37)30-44(41)51-42-26-10-8-22-38(42)39-23-9-11-27-43(39)51/h1-30H. The third-order valence-corrected chi connectivity index (χ3v) is 9.86. The van der Waals surface area contributed by atoms with Gasteiger partial charge in [-0.15, -0.1) is 0 Å². The van der Waals surface area contributed by atoms with E-state index in [1.54, 1.807) is 0 Å². The van der Waals surface area contributed by atoms with E-state index in [1.165, 1.54) is 27.1 Å². The Balaban J connectivity index is 1.30. The molecule has 0 amide bonds. The van der Waals surface area contributed by atoms with Gasteiger partial charge in [0.1, 0.15) is 0 Å². The van der Waals surface area contributed by atoms with E-state index in [4.69, 9.17) is 15.0 Å². The topological polar surface area (TPSA) is 43.6 Å². The Morgan fingerprint density at radius 3 is 1.47 bits per heavy atom. The number of hydrogen-bond acceptors (Lipinski definition) is 3. The normalized spacial score (nSPS) is 11.5. The minimum absolute atomic E-state index is 0.619. The SMILES string of the molecule is c1ccc(-c2nc(-c3ccc(-c4cccc5ccccc45)cc3-n3c4ccccc4c4ccccc43)nc(-c3cccc4ccccc34)n2)cc1. The van der Waals surface area contributed by atoms with Crippen molar-refractivity contribution in [3.63, 3.8) is 0 Å². The lowest BCUT2D eigenvalue weighted by atomic mass is 9.96. The van der Waals surface area contributed by atoms with Crippen LogP contribution >= 0.6 is 0 Å². The molecule has 0 radical (unpaired) electrons. The summed E-state index contributed by atoms with van der Waals surface area (Å²) in [6.07, 6.45) is 0. The van der Waals surface area contributed by atoms with Crippen molar-refractivity contribution in [2.75, 3.05) is 0 Å². The molecule has 2 heterocycles. The van der Waals surface area contributed by atoms with Crippen LogP contribution in [0.15, 0.2) is 182 Å². The minimum atomic E-state index is 0.619. The predicted molar refractivity (Wildman–Crippen MR) is 211 cm³/mol. The van der Waals surface area contributed by atoms with Gasteiger partial charge in [0, 0.05) is 27.5 Å². The van der Waals surface area contributed by atoms with E-state index in [0.29, 0.717) is 17.5 Å². The van der Waals surface area contributed by atoms with Gasteiger partial charge in [0.05, 0.1) is 16.7 Å². The molecule has 2 aromatic heterocycles. The zero-order chi connectivity index (χ0) is 33.7. The van der Waals surface area contributed by atoms with Gasteiger partial charge in [0.25, 0.3) is 0 Å². The Labute approximate surface area is 295 Å². The maximum absolute atomic E-state index is 5.30. The molecule has 4 heteroatoms. The summed E-state index contributed by atoms with van der Waals surface area (Å²) in [5.41, 5.74) is 8.40. The quantitative estimate of drug-likeness (QED) is 0.186. The third kappa shape index (κ3) is 4.88. The van der Waals surface area contributed by atoms with Crippen LogP contribution in [0.2, 0.25) is 0 Å². The van der Waals surface area contributed by atoms with Gasteiger partial charge in [-0.3, -0.25) is 0 Å². The molecule has 0 saturated heterocycles. The lowest BCUT2D eigenvalue weighted by molar-refractivity contribution is 1.07. The molecule has 0 aliphatic heterocycles. The van der Waals surface area contributed by atoms with Gasteiger partial charge < -0.3 is 4.57 Å². The molecule has 0 aliphatic carbocycles. The number of para-hydroxylation sites is 2. The van der Waals surface area contributed by atoms with Crippen LogP contribution in [0.5, 0.6) is 0 Å². The van der Waals surface area contributed by atoms with Crippen molar-refractivity contribution in [2.45, 2.75) is 0 Å². The van der Waals surface area contributed by atoms with Crippen molar-refractivity contribution < 1.29 is 0 Å². The number of rotatable bonds is 5. The number of hydrogen-bond donors (Lipinski definition) is 0. The van der Waals surface area contributed by atoms with Crippen LogP contribution in [-0.4, -0.2) is 19.5 Å². The highest BCUT2D eigenvalue weighted by Crippen LogP contribution is 2.39. The zero-order valence-corrected chi connectivity index (χ0v) is 27.6. The van der Waals surface area contributed by atoms with Gasteiger partial charge in [-0.05, 0) is 56.9 Å². The maximum Gasteiger partial charge on any atom is 0.166 e. The first-order valence-electron chi connectivity index (χ1n) is 17.2. The predicted octanol–water partition coefficient (Wildman–Crippen LogP) is 11.9. The molecule has 0 atom stereocenters. The summed E-state index contributed by atoms with van der Waals surface area (Å²) < 4.78 is 2.37. The Morgan fingerprint density at radius 1 is 0.314 bits per heavy atom. The summed E-state index contributed by atoms with van der Waals surface area (Å²) >= 11 is 0. The summed E-state index contributed by atoms with van der Waals surface area (Å²) in [6, 6.07) is 64.0. The first-order valence-corrected chi connectivity index (χ1v) is 17.2. The fourth-order valence-corrected chi connectivity index (χ4v) is 7.49. The van der Waals surface area contributed by atoms with Crippen LogP contribution in [0.3, 0.4) is 0 Å². The first-order chi connectivity index (χ1) is 25.3. The Morgan fingerprint density at radius 2 is 0.804 bits per heavy atom. The largest absolute Gasteiger partial charge is 0.308 e. The van der Waals surface area contributed by atoms with Gasteiger partial charge in [-0.2, -0.15) is 0 Å². The van der Waals surface area contributed by atoms with Gasteiger partial charge in [0.15, 0.2) is 17.5 Å². The summed E-state index contributed by atoms with van der Waals surface area (Å²) in [6.45, 7) is 0. The van der Waals surface area contributed by atoms with E-state index in [0.717, 1.165) is 49.7 Å². The highest BCUT2D eigenvalue weighted by atomic mass is 15.1. The molecule has 0 N–H and O–H groups in total. The molecule has 238 valence electrons. The van der Waals surface area contributed by atoms with Gasteiger partial charge in [0.2, 0.25) is 0 Å². The second kappa shape index (κ2) is 11.9. The fourth-order valence-electron chi connectivity index (χ4n) is 7.49. The summed E-state index contributed by atoms with van der Waals surface area (Å²) in [5, 5.41) is 7.07. The second-order valence-electron chi connectivity index (χ2n) is 12.8. The molecule has 0 aliphatic rings. The highest BCUT2D eigenvalue weighted by molar-refractivity contribution is 6.10. The van der Waals surface area contributed by atoms with E-state index >= 15 is 0 Å². The molecule has 0 fully saturated rings. The van der Waals surface area contributed by atoms with Gasteiger partial charge in [-0.1, -0.05) is 158 Å². The smallest absolute Gasteiger partial charge is 0.166 e. The van der Waals surface area contributed by atoms with Crippen molar-refractivity contribution in [2.24, 2.45) is 0 Å². The van der Waals surface area contributed by atoms with Crippen LogP contribution in [0, 0.1) is 0 Å². The average Bonchev–Trinajstić information content (AvgIpc) is 3.54. The minimum Gasteiger partial charge on any atom is -0.308 e. The summed E-state index contributed by atoms with van der Waals surface area (Å²) in [4.78, 5) is 15.6. The Bertz CT molecular complexity index is 2860. The molecule has 0 saturated carbocycles. The molecular weight excluding hydrogens is 621 g/mol. The third-order valence-electron chi connectivity index (χ3n) is 9.86. The number of benzene rings is 8. The van der Waals surface area contributed by atoms with Crippen molar-refractivity contribution in [1.82, 2.24) is 19.5 Å². The lowest BCUT2D eigenvalue weighted by Crippen LogP contribution is -2.04. The number of aromatic nitrogens is 4. The van der Waals surface area contributed by atoms with E-state index < -0.39 is 0 Å². The van der Waals surface area contributed by atoms with Gasteiger partial charge >= 0.3 is 0 Å². The zero-order valence-electron chi connectivity index (χ0n) is 27.6. The number of fused-ring (bicyclic) bond motifs is 5. The monoisotopic (exact) mass is 650 g/mol. The average molecular weight is 651 g/mol. The van der Waals surface area contributed by atoms with Crippen molar-refractivity contribution in [3.05, 3.63) is 182 Å². The molecule has 10 aromatic rings. The molecule has 4 nitrogen and oxygen atoms in total. The molecule has 10 rings (SSSR count). The molecule has 8 aromatic carbocycles. The molecular formula is C47H30N4. The Hall–Kier alpha value is -6.91. The highest BCUT2D eigenvalue weighted by Gasteiger charge is 2.21. The van der Waals surface area contributed by atoms with E-state index in [-0.39, 0.29) is 0 Å². The maximum atomic E-state index is 5.30. The first kappa shape index (κ1) is 29.0. The molecule has 51 heavy (non-hydrogen) atoms. The van der Waals surface area contributed by atoms with Crippen LogP contribution in [0.25, 0.3) is 94.3 Å². The lowest BCUT2D eigenvalue weighted by Gasteiger charge is -2.17. The molecule has 0 unspecified atom stereocenters. The summed E-state index contributed by atoms with van der Waals surface area (Å²) in [7, 11) is 0. The number of nitrogens with zero attached hydrogens (tertiary/aromatic N) is 4. The van der Waals surface area contributed by atoms with E-state index in [2.05, 4.69) is 168 Å². The molecule has 0 bridgehead atoms.